The number of aromatic amines is 1. The van der Waals surface area contributed by atoms with E-state index in [-0.39, 0.29) is 12.0 Å². The van der Waals surface area contributed by atoms with Crippen LogP contribution in [0.25, 0.3) is 22.2 Å². The van der Waals surface area contributed by atoms with Gasteiger partial charge < -0.3 is 15.0 Å². The Hall–Kier alpha value is -3.60. The molecule has 2 aromatic heterocycles. The molecule has 1 aliphatic heterocycles. The highest BCUT2D eigenvalue weighted by molar-refractivity contribution is 5.97. The fraction of sp³-hybridized carbons (Fsp3) is 0.167. The highest BCUT2D eigenvalue weighted by Crippen LogP contribution is 2.32. The van der Waals surface area contributed by atoms with Crippen molar-refractivity contribution in [1.82, 2.24) is 15.3 Å². The second-order valence-corrected chi connectivity index (χ2v) is 7.48. The third-order valence-electron chi connectivity index (χ3n) is 5.32. The predicted octanol–water partition coefficient (Wildman–Crippen LogP) is 4.27. The molecule has 0 saturated carbocycles. The van der Waals surface area contributed by atoms with Gasteiger partial charge in [-0.15, -0.1) is 0 Å². The first-order chi connectivity index (χ1) is 14.2. The van der Waals surface area contributed by atoms with Crippen LogP contribution < -0.4 is 10.1 Å². The van der Waals surface area contributed by atoms with Crippen molar-refractivity contribution in [3.8, 4) is 17.0 Å². The number of nitrogens with one attached hydrogen (secondary N) is 2. The molecule has 0 fully saturated rings. The number of nitrogens with zero attached hydrogens (tertiary/aromatic N) is 1. The van der Waals surface area contributed by atoms with E-state index in [0.29, 0.717) is 12.1 Å². The Bertz CT molecular complexity index is 1190. The Kier molecular flexibility index (Phi) is 4.28. The Morgan fingerprint density at radius 3 is 2.97 bits per heavy atom. The first-order valence-corrected chi connectivity index (χ1v) is 9.74. The van der Waals surface area contributed by atoms with E-state index in [4.69, 9.17) is 4.74 Å². The van der Waals surface area contributed by atoms with Crippen LogP contribution in [0.15, 0.2) is 67.0 Å². The summed E-state index contributed by atoms with van der Waals surface area (Å²) in [6.07, 6.45) is 4.45. The van der Waals surface area contributed by atoms with Gasteiger partial charge in [0, 0.05) is 35.5 Å². The summed E-state index contributed by atoms with van der Waals surface area (Å²) >= 11 is 0. The minimum Gasteiger partial charge on any atom is -0.488 e. The molecule has 1 atom stereocenters. The number of H-pyrrole nitrogens is 1. The molecular formula is C24H21N3O2. The first kappa shape index (κ1) is 17.5. The van der Waals surface area contributed by atoms with Gasteiger partial charge in [0.25, 0.3) is 5.91 Å². The fourth-order valence-electron chi connectivity index (χ4n) is 3.73. The second kappa shape index (κ2) is 7.09. The summed E-state index contributed by atoms with van der Waals surface area (Å²) in [5, 5.41) is 4.09. The smallest absolute Gasteiger partial charge is 0.251 e. The van der Waals surface area contributed by atoms with Gasteiger partial charge in [0.05, 0.1) is 12.2 Å². The van der Waals surface area contributed by atoms with Gasteiger partial charge in [0.1, 0.15) is 11.9 Å². The molecule has 5 heteroatoms. The molecule has 5 rings (SSSR count). The van der Waals surface area contributed by atoms with Gasteiger partial charge in [-0.25, -0.2) is 0 Å². The van der Waals surface area contributed by atoms with E-state index in [2.05, 4.69) is 27.4 Å². The third kappa shape index (κ3) is 3.47. The standard InChI is InChI=1S/C24H21N3O2/c1-15-2-6-21(26-13-15)17-5-7-23-19(10-17)11-20(29-23)14-27-24(28)18-4-3-16-8-9-25-22(16)12-18/h2-10,12-13,20,25H,11,14H2,1H3,(H,27,28)/t20-/m1/s1. The summed E-state index contributed by atoms with van der Waals surface area (Å²) in [6.45, 7) is 2.50. The van der Waals surface area contributed by atoms with Crippen LogP contribution in [0, 0.1) is 6.92 Å². The van der Waals surface area contributed by atoms with Gasteiger partial charge in [-0.2, -0.15) is 0 Å². The summed E-state index contributed by atoms with van der Waals surface area (Å²) in [5.41, 5.74) is 5.93. The molecule has 1 amide bonds. The van der Waals surface area contributed by atoms with Crippen molar-refractivity contribution in [2.75, 3.05) is 6.54 Å². The van der Waals surface area contributed by atoms with E-state index in [1.165, 1.54) is 0 Å². The minimum atomic E-state index is -0.0920. The maximum Gasteiger partial charge on any atom is 0.251 e. The second-order valence-electron chi connectivity index (χ2n) is 7.48. The third-order valence-corrected chi connectivity index (χ3v) is 5.32. The van der Waals surface area contributed by atoms with Crippen molar-refractivity contribution >= 4 is 16.8 Å². The van der Waals surface area contributed by atoms with Gasteiger partial charge in [0.2, 0.25) is 0 Å². The zero-order valence-electron chi connectivity index (χ0n) is 16.1. The topological polar surface area (TPSA) is 67.0 Å². The van der Waals surface area contributed by atoms with Crippen molar-refractivity contribution in [3.63, 3.8) is 0 Å². The summed E-state index contributed by atoms with van der Waals surface area (Å²) in [7, 11) is 0. The molecule has 1 aliphatic rings. The minimum absolute atomic E-state index is 0.0654. The van der Waals surface area contributed by atoms with Crippen molar-refractivity contribution < 1.29 is 9.53 Å². The highest BCUT2D eigenvalue weighted by Gasteiger charge is 2.24. The number of fused-ring (bicyclic) bond motifs is 2. The molecule has 0 bridgehead atoms. The Balaban J connectivity index is 1.24. The largest absolute Gasteiger partial charge is 0.488 e. The quantitative estimate of drug-likeness (QED) is 0.553. The molecule has 29 heavy (non-hydrogen) atoms. The van der Waals surface area contributed by atoms with Crippen molar-refractivity contribution in [3.05, 3.63) is 83.7 Å². The van der Waals surface area contributed by atoms with Crippen LogP contribution in [-0.2, 0) is 6.42 Å². The number of hydrogen-bond acceptors (Lipinski definition) is 3. The maximum absolute atomic E-state index is 12.5. The van der Waals surface area contributed by atoms with Crippen LogP contribution in [-0.4, -0.2) is 28.5 Å². The average molecular weight is 383 g/mol. The van der Waals surface area contributed by atoms with Gasteiger partial charge in [-0.1, -0.05) is 12.1 Å². The summed E-state index contributed by atoms with van der Waals surface area (Å²) in [6, 6.07) is 17.9. The Labute approximate surface area is 168 Å². The molecule has 0 aliphatic carbocycles. The molecule has 5 nitrogen and oxygen atoms in total. The molecule has 0 saturated heterocycles. The lowest BCUT2D eigenvalue weighted by molar-refractivity contribution is 0.0933. The number of rotatable bonds is 4. The lowest BCUT2D eigenvalue weighted by Crippen LogP contribution is -2.34. The van der Waals surface area contributed by atoms with Gasteiger partial charge >= 0.3 is 0 Å². The number of carbonyl (C=O) groups excluding carboxylic acids is 1. The molecule has 2 aromatic carbocycles. The van der Waals surface area contributed by atoms with E-state index in [0.717, 1.165) is 45.5 Å². The van der Waals surface area contributed by atoms with E-state index < -0.39 is 0 Å². The van der Waals surface area contributed by atoms with E-state index >= 15 is 0 Å². The molecule has 4 aromatic rings. The lowest BCUT2D eigenvalue weighted by atomic mass is 10.0. The zero-order valence-corrected chi connectivity index (χ0v) is 16.1. The number of ether oxygens (including phenoxy) is 1. The van der Waals surface area contributed by atoms with Crippen LogP contribution in [0.2, 0.25) is 0 Å². The number of amides is 1. The van der Waals surface area contributed by atoms with E-state index in [1.54, 1.807) is 0 Å². The monoisotopic (exact) mass is 383 g/mol. The van der Waals surface area contributed by atoms with Crippen LogP contribution in [0.1, 0.15) is 21.5 Å². The summed E-state index contributed by atoms with van der Waals surface area (Å²) in [4.78, 5) is 20.2. The summed E-state index contributed by atoms with van der Waals surface area (Å²) in [5.74, 6) is 0.790. The maximum atomic E-state index is 12.5. The van der Waals surface area contributed by atoms with Crippen molar-refractivity contribution in [2.45, 2.75) is 19.4 Å². The van der Waals surface area contributed by atoms with E-state index in [1.807, 2.05) is 61.8 Å². The highest BCUT2D eigenvalue weighted by atomic mass is 16.5. The molecule has 0 unspecified atom stereocenters. The number of hydrogen-bond donors (Lipinski definition) is 2. The zero-order chi connectivity index (χ0) is 19.8. The molecule has 144 valence electrons. The fourth-order valence-corrected chi connectivity index (χ4v) is 3.73. The molecule has 3 heterocycles. The van der Waals surface area contributed by atoms with Gasteiger partial charge in [-0.05, 0) is 65.9 Å². The Morgan fingerprint density at radius 1 is 1.17 bits per heavy atom. The van der Waals surface area contributed by atoms with Crippen LogP contribution >= 0.6 is 0 Å². The SMILES string of the molecule is Cc1ccc(-c2ccc3c(c2)C[C@H](CNC(=O)c2ccc4cc[nH]c4c2)O3)nc1. The average Bonchev–Trinajstić information content (AvgIpc) is 3.37. The van der Waals surface area contributed by atoms with Crippen molar-refractivity contribution in [2.24, 2.45) is 0 Å². The number of benzene rings is 2. The normalized spacial score (nSPS) is 15.1. The van der Waals surface area contributed by atoms with Crippen LogP contribution in [0.4, 0.5) is 0 Å². The summed E-state index contributed by atoms with van der Waals surface area (Å²) < 4.78 is 6.02. The predicted molar refractivity (Wildman–Crippen MR) is 113 cm³/mol. The Morgan fingerprint density at radius 2 is 2.10 bits per heavy atom. The molecule has 2 N–H and O–H groups in total. The number of pyridine rings is 1. The first-order valence-electron chi connectivity index (χ1n) is 9.74. The molecule has 0 spiro atoms. The van der Waals surface area contributed by atoms with Crippen molar-refractivity contribution in [1.29, 1.82) is 0 Å². The van der Waals surface area contributed by atoms with Crippen LogP contribution in [0.3, 0.4) is 0 Å². The van der Waals surface area contributed by atoms with Crippen LogP contribution in [0.5, 0.6) is 5.75 Å². The lowest BCUT2D eigenvalue weighted by Gasteiger charge is -2.12. The number of carbonyl (C=O) groups is 1. The number of aryl methyl sites for hydroxylation is 1. The van der Waals surface area contributed by atoms with Gasteiger partial charge in [0.15, 0.2) is 0 Å². The van der Waals surface area contributed by atoms with E-state index in [9.17, 15) is 4.79 Å². The molecular weight excluding hydrogens is 362 g/mol. The van der Waals surface area contributed by atoms with Gasteiger partial charge in [-0.3, -0.25) is 9.78 Å². The molecule has 0 radical (unpaired) electrons. The number of aromatic nitrogens is 2.